The number of thioether (sulfide) groups is 1. The second kappa shape index (κ2) is 5.63. The van der Waals surface area contributed by atoms with E-state index in [1.807, 2.05) is 48.7 Å². The number of hydrogen-bond acceptors (Lipinski definition) is 6. The van der Waals surface area contributed by atoms with Gasteiger partial charge in [-0.1, -0.05) is 23.9 Å². The number of benzene rings is 2. The van der Waals surface area contributed by atoms with Crippen LogP contribution in [0.15, 0.2) is 47.6 Å². The molecule has 2 aromatic carbocycles. The third-order valence-corrected chi connectivity index (χ3v) is 4.76. The van der Waals surface area contributed by atoms with Crippen molar-refractivity contribution in [2.45, 2.75) is 5.16 Å². The number of nitrogens with zero attached hydrogens (tertiary/aromatic N) is 4. The first-order valence-corrected chi connectivity index (χ1v) is 9.15. The first-order valence-electron chi connectivity index (χ1n) is 7.93. The average molecular weight is 350 g/mol. The van der Waals surface area contributed by atoms with E-state index < -0.39 is 0 Å². The quantitative estimate of drug-likeness (QED) is 0.408. The Morgan fingerprint density at radius 1 is 1.00 bits per heavy atom. The summed E-state index contributed by atoms with van der Waals surface area (Å²) in [6.45, 7) is 1.13. The number of hydrogen-bond donors (Lipinski definition) is 0. The van der Waals surface area contributed by atoms with Gasteiger partial charge in [-0.2, -0.15) is 4.52 Å². The molecule has 6 nitrogen and oxygen atoms in total. The highest BCUT2D eigenvalue weighted by molar-refractivity contribution is 7.98. The largest absolute Gasteiger partial charge is 0.486 e. The molecule has 0 saturated carbocycles. The third kappa shape index (κ3) is 2.31. The Bertz CT molecular complexity index is 1110. The van der Waals surface area contributed by atoms with Gasteiger partial charge in [0.25, 0.3) is 0 Å². The number of ether oxygens (including phenoxy) is 2. The van der Waals surface area contributed by atoms with Gasteiger partial charge in [-0.25, -0.2) is 9.97 Å². The van der Waals surface area contributed by atoms with Crippen LogP contribution < -0.4 is 9.47 Å². The molecule has 0 unspecified atom stereocenters. The molecule has 25 heavy (non-hydrogen) atoms. The number of rotatable bonds is 2. The summed E-state index contributed by atoms with van der Waals surface area (Å²) in [4.78, 5) is 9.45. The molecule has 0 N–H and O–H groups in total. The maximum absolute atomic E-state index is 5.67. The minimum atomic E-state index is 0.556. The Hall–Kier alpha value is -2.80. The van der Waals surface area contributed by atoms with Gasteiger partial charge in [0.05, 0.1) is 5.52 Å². The molecule has 0 spiro atoms. The molecule has 1 aliphatic rings. The summed E-state index contributed by atoms with van der Waals surface area (Å²) >= 11 is 1.55. The summed E-state index contributed by atoms with van der Waals surface area (Å²) < 4.78 is 13.1. The monoisotopic (exact) mass is 350 g/mol. The summed E-state index contributed by atoms with van der Waals surface area (Å²) in [5.41, 5.74) is 2.62. The molecule has 0 saturated heterocycles. The van der Waals surface area contributed by atoms with Gasteiger partial charge in [0, 0.05) is 10.9 Å². The predicted molar refractivity (Wildman–Crippen MR) is 96.5 cm³/mol. The van der Waals surface area contributed by atoms with Crippen LogP contribution in [0.2, 0.25) is 0 Å². The molecule has 0 aliphatic carbocycles. The van der Waals surface area contributed by atoms with Crippen LogP contribution in [0, 0.1) is 0 Å². The molecule has 7 heteroatoms. The average Bonchev–Trinajstić information content (AvgIpc) is 3.12. The molecule has 1 aliphatic heterocycles. The van der Waals surface area contributed by atoms with Crippen LogP contribution in [0.3, 0.4) is 0 Å². The summed E-state index contributed by atoms with van der Waals surface area (Å²) in [6, 6.07) is 13.8. The first-order chi connectivity index (χ1) is 12.3. The first kappa shape index (κ1) is 14.5. The van der Waals surface area contributed by atoms with Crippen LogP contribution in [-0.4, -0.2) is 39.1 Å². The Morgan fingerprint density at radius 2 is 1.84 bits per heavy atom. The van der Waals surface area contributed by atoms with Gasteiger partial charge in [0.1, 0.15) is 13.2 Å². The highest BCUT2D eigenvalue weighted by Crippen LogP contribution is 2.34. The maximum Gasteiger partial charge on any atom is 0.191 e. The molecule has 0 fully saturated rings. The second-order valence-electron chi connectivity index (χ2n) is 5.64. The van der Waals surface area contributed by atoms with Gasteiger partial charge >= 0.3 is 0 Å². The lowest BCUT2D eigenvalue weighted by Gasteiger charge is -2.18. The van der Waals surface area contributed by atoms with E-state index in [4.69, 9.17) is 14.5 Å². The van der Waals surface area contributed by atoms with Gasteiger partial charge in [0.2, 0.25) is 0 Å². The number of aromatic nitrogens is 4. The van der Waals surface area contributed by atoms with Crippen molar-refractivity contribution in [3.8, 4) is 22.9 Å². The normalized spacial score (nSPS) is 13.5. The molecule has 5 rings (SSSR count). The molecule has 3 heterocycles. The SMILES string of the molecule is CSc1nc2ccccc2c2nc(-c3ccc4c(c3)OCCO4)nn12. The zero-order valence-corrected chi connectivity index (χ0v) is 14.3. The van der Waals surface area contributed by atoms with Crippen LogP contribution in [0.4, 0.5) is 0 Å². The van der Waals surface area contributed by atoms with Crippen LogP contribution >= 0.6 is 11.8 Å². The predicted octanol–water partition coefficient (Wildman–Crippen LogP) is 3.44. The molecular formula is C18H14N4O2S. The second-order valence-corrected chi connectivity index (χ2v) is 6.42. The lowest BCUT2D eigenvalue weighted by atomic mass is 10.2. The molecule has 0 radical (unpaired) electrons. The van der Waals surface area contributed by atoms with Crippen LogP contribution in [0.5, 0.6) is 11.5 Å². The van der Waals surface area contributed by atoms with E-state index in [-0.39, 0.29) is 0 Å². The Balaban J connectivity index is 1.73. The molecule has 2 aromatic heterocycles. The smallest absolute Gasteiger partial charge is 0.191 e. The minimum Gasteiger partial charge on any atom is -0.486 e. The minimum absolute atomic E-state index is 0.556. The highest BCUT2D eigenvalue weighted by atomic mass is 32.2. The van der Waals surface area contributed by atoms with E-state index >= 15 is 0 Å². The van der Waals surface area contributed by atoms with Crippen molar-refractivity contribution < 1.29 is 9.47 Å². The van der Waals surface area contributed by atoms with E-state index in [0.717, 1.165) is 38.8 Å². The lowest BCUT2D eigenvalue weighted by molar-refractivity contribution is 0.171. The zero-order valence-electron chi connectivity index (χ0n) is 13.5. The van der Waals surface area contributed by atoms with Gasteiger partial charge in [0.15, 0.2) is 28.1 Å². The van der Waals surface area contributed by atoms with Gasteiger partial charge in [-0.05, 0) is 36.6 Å². The lowest BCUT2D eigenvalue weighted by Crippen LogP contribution is -2.15. The Morgan fingerprint density at radius 3 is 2.72 bits per heavy atom. The van der Waals surface area contributed by atoms with Gasteiger partial charge in [-0.15, -0.1) is 5.10 Å². The Kier molecular flexibility index (Phi) is 3.27. The summed E-state index contributed by atoms with van der Waals surface area (Å²) in [7, 11) is 0. The Labute approximate surface area is 147 Å². The van der Waals surface area contributed by atoms with Crippen LogP contribution in [0.1, 0.15) is 0 Å². The van der Waals surface area contributed by atoms with E-state index in [1.54, 1.807) is 16.3 Å². The van der Waals surface area contributed by atoms with Gasteiger partial charge < -0.3 is 9.47 Å². The molecule has 4 aromatic rings. The fourth-order valence-corrected chi connectivity index (χ4v) is 3.46. The molecular weight excluding hydrogens is 336 g/mol. The molecule has 0 atom stereocenters. The van der Waals surface area contributed by atoms with Crippen molar-refractivity contribution in [3.05, 3.63) is 42.5 Å². The fraction of sp³-hybridized carbons (Fsp3) is 0.167. The zero-order chi connectivity index (χ0) is 16.8. The van der Waals surface area contributed by atoms with Crippen molar-refractivity contribution in [2.24, 2.45) is 0 Å². The fourth-order valence-electron chi connectivity index (χ4n) is 2.97. The topological polar surface area (TPSA) is 61.5 Å². The third-order valence-electron chi connectivity index (χ3n) is 4.13. The van der Waals surface area contributed by atoms with Crippen LogP contribution in [-0.2, 0) is 0 Å². The standard InChI is InChI=1S/C18H14N4O2S/c1-25-18-19-13-5-3-2-4-12(13)17-20-16(21-22(17)18)11-6-7-14-15(10-11)24-9-8-23-14/h2-7,10H,8-9H2,1H3. The van der Waals surface area contributed by atoms with Crippen molar-refractivity contribution in [1.29, 1.82) is 0 Å². The summed E-state index contributed by atoms with van der Waals surface area (Å²) in [5.74, 6) is 2.14. The number of para-hydroxylation sites is 1. The maximum atomic E-state index is 5.67. The van der Waals surface area contributed by atoms with E-state index in [0.29, 0.717) is 19.0 Å². The van der Waals surface area contributed by atoms with Crippen molar-refractivity contribution in [1.82, 2.24) is 19.6 Å². The summed E-state index contributed by atoms with van der Waals surface area (Å²) in [6.07, 6.45) is 1.99. The highest BCUT2D eigenvalue weighted by Gasteiger charge is 2.17. The van der Waals surface area contributed by atoms with E-state index in [2.05, 4.69) is 10.1 Å². The summed E-state index contributed by atoms with van der Waals surface area (Å²) in [5, 5.41) is 6.47. The van der Waals surface area contributed by atoms with Crippen molar-refractivity contribution >= 4 is 28.3 Å². The van der Waals surface area contributed by atoms with E-state index in [1.165, 1.54) is 0 Å². The molecule has 0 bridgehead atoms. The molecule has 124 valence electrons. The van der Waals surface area contributed by atoms with Crippen LogP contribution in [0.25, 0.3) is 27.9 Å². The van der Waals surface area contributed by atoms with Crippen molar-refractivity contribution in [3.63, 3.8) is 0 Å². The number of fused-ring (bicyclic) bond motifs is 4. The van der Waals surface area contributed by atoms with E-state index in [9.17, 15) is 0 Å². The van der Waals surface area contributed by atoms with Gasteiger partial charge in [-0.3, -0.25) is 0 Å². The van der Waals surface area contributed by atoms with Crippen molar-refractivity contribution in [2.75, 3.05) is 19.5 Å². The molecule has 0 amide bonds.